The summed E-state index contributed by atoms with van der Waals surface area (Å²) < 4.78 is 13.1. The Balaban J connectivity index is 1.74. The van der Waals surface area contributed by atoms with Crippen LogP contribution in [0.3, 0.4) is 0 Å². The zero-order valence-corrected chi connectivity index (χ0v) is 13.1. The Morgan fingerprint density at radius 3 is 2.41 bits per heavy atom. The van der Waals surface area contributed by atoms with Gasteiger partial charge in [-0.1, -0.05) is 0 Å². The van der Waals surface area contributed by atoms with Crippen LogP contribution in [-0.2, 0) is 0 Å². The van der Waals surface area contributed by atoms with Crippen molar-refractivity contribution in [3.8, 4) is 0 Å². The Morgan fingerprint density at radius 1 is 0.955 bits per heavy atom. The number of halogens is 1. The van der Waals surface area contributed by atoms with Crippen molar-refractivity contribution in [2.75, 3.05) is 36.0 Å². The molecule has 0 unspecified atom stereocenters. The van der Waals surface area contributed by atoms with Gasteiger partial charge in [0.15, 0.2) is 0 Å². The van der Waals surface area contributed by atoms with Crippen LogP contribution >= 0.6 is 0 Å². The van der Waals surface area contributed by atoms with Gasteiger partial charge in [-0.05, 0) is 44.5 Å². The summed E-state index contributed by atoms with van der Waals surface area (Å²) in [5.41, 5.74) is 3.00. The largest absolute Gasteiger partial charge is 0.370 e. The molecule has 1 aliphatic rings. The zero-order chi connectivity index (χ0) is 15.5. The number of rotatable bonds is 2. The first-order valence-corrected chi connectivity index (χ1v) is 7.69. The van der Waals surface area contributed by atoms with Crippen LogP contribution in [0.2, 0.25) is 0 Å². The molecule has 0 aliphatic carbocycles. The van der Waals surface area contributed by atoms with E-state index in [9.17, 15) is 4.39 Å². The molecule has 1 aliphatic heterocycles. The Morgan fingerprint density at radius 2 is 1.64 bits per heavy atom. The second kappa shape index (κ2) is 6.30. The van der Waals surface area contributed by atoms with Crippen LogP contribution in [0.25, 0.3) is 0 Å². The fourth-order valence-electron chi connectivity index (χ4n) is 2.86. The number of aryl methyl sites for hydroxylation is 2. The fraction of sp³-hybridized carbons (Fsp3) is 0.412. The van der Waals surface area contributed by atoms with Crippen LogP contribution in [0.15, 0.2) is 30.5 Å². The van der Waals surface area contributed by atoms with Gasteiger partial charge in [-0.3, -0.25) is 4.98 Å². The zero-order valence-electron chi connectivity index (χ0n) is 13.1. The molecule has 2 aromatic rings. The molecule has 0 N–H and O–H groups in total. The lowest BCUT2D eigenvalue weighted by molar-refractivity contribution is 0.627. The lowest BCUT2D eigenvalue weighted by atomic mass is 10.2. The molecule has 22 heavy (non-hydrogen) atoms. The molecular formula is C17H21FN4. The minimum absolute atomic E-state index is 0.189. The molecule has 0 amide bonds. The molecule has 3 rings (SSSR count). The van der Waals surface area contributed by atoms with Gasteiger partial charge in [-0.25, -0.2) is 9.37 Å². The van der Waals surface area contributed by atoms with E-state index in [1.54, 1.807) is 0 Å². The molecule has 0 atom stereocenters. The first-order chi connectivity index (χ1) is 10.6. The summed E-state index contributed by atoms with van der Waals surface area (Å²) in [6, 6.07) is 6.74. The van der Waals surface area contributed by atoms with Gasteiger partial charge < -0.3 is 9.80 Å². The molecule has 2 heterocycles. The monoisotopic (exact) mass is 300 g/mol. The van der Waals surface area contributed by atoms with Crippen LogP contribution in [0.5, 0.6) is 0 Å². The van der Waals surface area contributed by atoms with Gasteiger partial charge in [-0.15, -0.1) is 0 Å². The molecule has 0 spiro atoms. The highest BCUT2D eigenvalue weighted by molar-refractivity contribution is 5.49. The van der Waals surface area contributed by atoms with Crippen LogP contribution in [0, 0.1) is 19.7 Å². The lowest BCUT2D eigenvalue weighted by Gasteiger charge is -2.25. The smallest absolute Gasteiger partial charge is 0.150 e. The Bertz CT molecular complexity index is 642. The molecule has 0 radical (unpaired) electrons. The number of nitrogens with zero attached hydrogens (tertiary/aromatic N) is 4. The van der Waals surface area contributed by atoms with E-state index in [-0.39, 0.29) is 5.82 Å². The molecule has 4 nitrogen and oxygen atoms in total. The van der Waals surface area contributed by atoms with Crippen molar-refractivity contribution in [3.63, 3.8) is 0 Å². The van der Waals surface area contributed by atoms with Gasteiger partial charge in [0.1, 0.15) is 11.6 Å². The van der Waals surface area contributed by atoms with E-state index in [0.717, 1.165) is 55.5 Å². The van der Waals surface area contributed by atoms with Gasteiger partial charge in [-0.2, -0.15) is 0 Å². The van der Waals surface area contributed by atoms with E-state index in [0.29, 0.717) is 0 Å². The SMILES string of the molecule is Cc1cnc(C)c(N2CCCN(c3ccc(F)cc3)CC2)n1. The van der Waals surface area contributed by atoms with Crippen molar-refractivity contribution in [3.05, 3.63) is 47.7 Å². The summed E-state index contributed by atoms with van der Waals surface area (Å²) in [6.45, 7) is 7.72. The second-order valence-electron chi connectivity index (χ2n) is 5.72. The molecule has 1 aromatic carbocycles. The van der Waals surface area contributed by atoms with Crippen LogP contribution < -0.4 is 9.80 Å². The van der Waals surface area contributed by atoms with Crippen molar-refractivity contribution >= 4 is 11.5 Å². The van der Waals surface area contributed by atoms with E-state index in [4.69, 9.17) is 0 Å². The molecule has 0 saturated carbocycles. The Kier molecular flexibility index (Phi) is 4.22. The Labute approximate surface area is 130 Å². The van der Waals surface area contributed by atoms with Gasteiger partial charge in [0, 0.05) is 38.1 Å². The van der Waals surface area contributed by atoms with Crippen molar-refractivity contribution in [2.45, 2.75) is 20.3 Å². The molecule has 0 bridgehead atoms. The number of hydrogen-bond acceptors (Lipinski definition) is 4. The summed E-state index contributed by atoms with van der Waals surface area (Å²) in [6.07, 6.45) is 2.86. The summed E-state index contributed by atoms with van der Waals surface area (Å²) in [4.78, 5) is 13.7. The first-order valence-electron chi connectivity index (χ1n) is 7.69. The van der Waals surface area contributed by atoms with Crippen molar-refractivity contribution in [2.24, 2.45) is 0 Å². The fourth-order valence-corrected chi connectivity index (χ4v) is 2.86. The highest BCUT2D eigenvalue weighted by Crippen LogP contribution is 2.21. The third kappa shape index (κ3) is 3.18. The highest BCUT2D eigenvalue weighted by atomic mass is 19.1. The van der Waals surface area contributed by atoms with E-state index >= 15 is 0 Å². The maximum atomic E-state index is 13.1. The van der Waals surface area contributed by atoms with Crippen LogP contribution in [0.4, 0.5) is 15.9 Å². The third-order valence-corrected chi connectivity index (χ3v) is 4.04. The number of aromatic nitrogens is 2. The van der Waals surface area contributed by atoms with E-state index in [1.807, 2.05) is 32.2 Å². The minimum atomic E-state index is -0.189. The van der Waals surface area contributed by atoms with E-state index < -0.39 is 0 Å². The number of anilines is 2. The summed E-state index contributed by atoms with van der Waals surface area (Å²) in [5, 5.41) is 0. The maximum absolute atomic E-state index is 13.1. The van der Waals surface area contributed by atoms with Gasteiger partial charge >= 0.3 is 0 Å². The van der Waals surface area contributed by atoms with Crippen molar-refractivity contribution in [1.29, 1.82) is 0 Å². The second-order valence-corrected chi connectivity index (χ2v) is 5.72. The average molecular weight is 300 g/mol. The summed E-state index contributed by atoms with van der Waals surface area (Å²) >= 11 is 0. The van der Waals surface area contributed by atoms with Crippen molar-refractivity contribution < 1.29 is 4.39 Å². The third-order valence-electron chi connectivity index (χ3n) is 4.04. The molecule has 1 aromatic heterocycles. The first kappa shape index (κ1) is 14.8. The van der Waals surface area contributed by atoms with Crippen LogP contribution in [0.1, 0.15) is 17.8 Å². The molecule has 1 saturated heterocycles. The number of benzene rings is 1. The normalized spacial score (nSPS) is 15.8. The predicted molar refractivity (Wildman–Crippen MR) is 86.9 cm³/mol. The standard InChI is InChI=1S/C17H21FN4/c1-13-12-19-14(2)17(20-13)22-9-3-8-21(10-11-22)16-6-4-15(18)5-7-16/h4-7,12H,3,8-11H2,1-2H3. The molecule has 116 valence electrons. The van der Waals surface area contributed by atoms with Gasteiger partial charge in [0.05, 0.1) is 11.4 Å². The minimum Gasteiger partial charge on any atom is -0.370 e. The number of hydrogen-bond donors (Lipinski definition) is 0. The lowest BCUT2D eigenvalue weighted by Crippen LogP contribution is -2.31. The van der Waals surface area contributed by atoms with Gasteiger partial charge in [0.2, 0.25) is 0 Å². The quantitative estimate of drug-likeness (QED) is 0.853. The van der Waals surface area contributed by atoms with Crippen molar-refractivity contribution in [1.82, 2.24) is 9.97 Å². The summed E-state index contributed by atoms with van der Waals surface area (Å²) in [7, 11) is 0. The average Bonchev–Trinajstić information content (AvgIpc) is 2.76. The molecular weight excluding hydrogens is 279 g/mol. The molecule has 1 fully saturated rings. The summed E-state index contributed by atoms with van der Waals surface area (Å²) in [5.74, 6) is 0.798. The van der Waals surface area contributed by atoms with E-state index in [2.05, 4.69) is 19.8 Å². The van der Waals surface area contributed by atoms with Crippen LogP contribution in [-0.4, -0.2) is 36.1 Å². The Hall–Kier alpha value is -2.17. The predicted octanol–water partition coefficient (Wildman–Crippen LogP) is 2.95. The topological polar surface area (TPSA) is 32.3 Å². The van der Waals surface area contributed by atoms with Gasteiger partial charge in [0.25, 0.3) is 0 Å². The highest BCUT2D eigenvalue weighted by Gasteiger charge is 2.18. The van der Waals surface area contributed by atoms with E-state index in [1.165, 1.54) is 12.1 Å². The molecule has 5 heteroatoms. The maximum Gasteiger partial charge on any atom is 0.150 e.